The molecule has 1 rings (SSSR count). The van der Waals surface area contributed by atoms with E-state index in [9.17, 15) is 4.79 Å². The summed E-state index contributed by atoms with van der Waals surface area (Å²) in [6.07, 6.45) is 1.34. The molecule has 0 unspecified atom stereocenters. The number of hydrogen-bond donors (Lipinski definition) is 0. The van der Waals surface area contributed by atoms with Gasteiger partial charge in [0.25, 0.3) is 5.56 Å². The number of halogens is 2. The Labute approximate surface area is 85.6 Å². The smallest absolute Gasteiger partial charge is 0.266 e. The third-order valence-corrected chi connectivity index (χ3v) is 2.11. The Morgan fingerprint density at radius 3 is 2.85 bits per heavy atom. The second kappa shape index (κ2) is 3.94. The first-order chi connectivity index (χ1) is 6.02. The summed E-state index contributed by atoms with van der Waals surface area (Å²) in [6, 6.07) is 0. The number of hydrogen-bond acceptors (Lipinski definition) is 2. The molecule has 0 N–H and O–H groups in total. The van der Waals surface area contributed by atoms with Gasteiger partial charge in [-0.1, -0.05) is 35.4 Å². The molecule has 13 heavy (non-hydrogen) atoms. The van der Waals surface area contributed by atoms with Gasteiger partial charge in [0.2, 0.25) is 0 Å². The Morgan fingerprint density at radius 2 is 2.31 bits per heavy atom. The molecule has 0 atom stereocenters. The molecule has 0 saturated carbocycles. The molecule has 0 bridgehead atoms. The van der Waals surface area contributed by atoms with Gasteiger partial charge in [0.05, 0.1) is 17.8 Å². The molecule has 0 aliphatic heterocycles. The van der Waals surface area contributed by atoms with Gasteiger partial charge in [-0.15, -0.1) is 0 Å². The SMILES string of the molecule is C=C(C)Cn1ncc(Cl)c(Cl)c1=O. The van der Waals surface area contributed by atoms with Crippen LogP contribution in [0.25, 0.3) is 0 Å². The summed E-state index contributed by atoms with van der Waals surface area (Å²) >= 11 is 11.2. The molecule has 1 heterocycles. The van der Waals surface area contributed by atoms with Crippen LogP contribution in [-0.2, 0) is 6.54 Å². The molecular weight excluding hydrogens is 211 g/mol. The minimum atomic E-state index is -0.392. The number of allylic oxidation sites excluding steroid dienone is 1. The van der Waals surface area contributed by atoms with Gasteiger partial charge in [0, 0.05) is 0 Å². The number of rotatable bonds is 2. The molecule has 0 saturated heterocycles. The average molecular weight is 219 g/mol. The van der Waals surface area contributed by atoms with E-state index < -0.39 is 5.56 Å². The summed E-state index contributed by atoms with van der Waals surface area (Å²) in [7, 11) is 0. The van der Waals surface area contributed by atoms with Gasteiger partial charge in [-0.2, -0.15) is 5.10 Å². The van der Waals surface area contributed by atoms with Crippen molar-refractivity contribution in [3.8, 4) is 0 Å². The van der Waals surface area contributed by atoms with Crippen molar-refractivity contribution in [3.63, 3.8) is 0 Å². The molecule has 0 aliphatic carbocycles. The highest BCUT2D eigenvalue weighted by Crippen LogP contribution is 2.14. The van der Waals surface area contributed by atoms with Crippen molar-refractivity contribution in [1.82, 2.24) is 9.78 Å². The lowest BCUT2D eigenvalue weighted by atomic mass is 10.3. The van der Waals surface area contributed by atoms with E-state index >= 15 is 0 Å². The summed E-state index contributed by atoms with van der Waals surface area (Å²) < 4.78 is 1.22. The highest BCUT2D eigenvalue weighted by atomic mass is 35.5. The van der Waals surface area contributed by atoms with Crippen LogP contribution < -0.4 is 5.56 Å². The topological polar surface area (TPSA) is 34.9 Å². The minimum absolute atomic E-state index is 0.00193. The zero-order valence-electron chi connectivity index (χ0n) is 7.05. The van der Waals surface area contributed by atoms with E-state index in [-0.39, 0.29) is 10.0 Å². The Bertz CT molecular complexity index is 398. The second-order valence-corrected chi connectivity index (χ2v) is 3.51. The second-order valence-electron chi connectivity index (χ2n) is 2.73. The van der Waals surface area contributed by atoms with Gasteiger partial charge in [-0.25, -0.2) is 4.68 Å². The van der Waals surface area contributed by atoms with Gasteiger partial charge >= 0.3 is 0 Å². The van der Waals surface area contributed by atoms with Crippen LogP contribution in [0.3, 0.4) is 0 Å². The molecule has 1 aromatic heterocycles. The van der Waals surface area contributed by atoms with Crippen molar-refractivity contribution in [2.45, 2.75) is 13.5 Å². The van der Waals surface area contributed by atoms with E-state index in [1.54, 1.807) is 6.92 Å². The summed E-state index contributed by atoms with van der Waals surface area (Å²) in [5, 5.41) is 3.97. The quantitative estimate of drug-likeness (QED) is 0.714. The van der Waals surface area contributed by atoms with E-state index in [0.717, 1.165) is 5.57 Å². The fraction of sp³-hybridized carbons (Fsp3) is 0.250. The first kappa shape index (κ1) is 10.3. The fourth-order valence-electron chi connectivity index (χ4n) is 0.813. The van der Waals surface area contributed by atoms with Gasteiger partial charge in [-0.05, 0) is 6.92 Å². The monoisotopic (exact) mass is 218 g/mol. The van der Waals surface area contributed by atoms with Crippen molar-refractivity contribution in [2.24, 2.45) is 0 Å². The van der Waals surface area contributed by atoms with E-state index in [2.05, 4.69) is 11.7 Å². The maximum absolute atomic E-state index is 11.4. The van der Waals surface area contributed by atoms with Crippen LogP contribution in [-0.4, -0.2) is 9.78 Å². The first-order valence-corrected chi connectivity index (χ1v) is 4.33. The van der Waals surface area contributed by atoms with Crippen molar-refractivity contribution in [3.05, 3.63) is 38.7 Å². The molecule has 70 valence electrons. The van der Waals surface area contributed by atoms with Crippen LogP contribution in [0.1, 0.15) is 6.92 Å². The van der Waals surface area contributed by atoms with Crippen LogP contribution in [0.5, 0.6) is 0 Å². The lowest BCUT2D eigenvalue weighted by Gasteiger charge is -2.03. The summed E-state index contributed by atoms with van der Waals surface area (Å²) in [5.74, 6) is 0. The standard InChI is InChI=1S/C8H8Cl2N2O/c1-5(2)4-12-8(13)7(10)6(9)3-11-12/h3H,1,4H2,2H3. The molecule has 0 fully saturated rings. The van der Waals surface area contributed by atoms with E-state index in [0.29, 0.717) is 6.54 Å². The molecule has 0 aromatic carbocycles. The van der Waals surface area contributed by atoms with Crippen molar-refractivity contribution in [2.75, 3.05) is 0 Å². The largest absolute Gasteiger partial charge is 0.287 e. The summed E-state index contributed by atoms with van der Waals surface area (Å²) in [5.41, 5.74) is 0.435. The Kier molecular flexibility index (Phi) is 3.12. The summed E-state index contributed by atoms with van der Waals surface area (Å²) in [4.78, 5) is 11.4. The van der Waals surface area contributed by atoms with Crippen molar-refractivity contribution < 1.29 is 0 Å². The zero-order valence-corrected chi connectivity index (χ0v) is 8.56. The van der Waals surface area contributed by atoms with Crippen LogP contribution in [0.15, 0.2) is 23.1 Å². The highest BCUT2D eigenvalue weighted by Gasteiger charge is 2.06. The zero-order chi connectivity index (χ0) is 10.0. The lowest BCUT2D eigenvalue weighted by Crippen LogP contribution is -2.23. The van der Waals surface area contributed by atoms with Crippen molar-refractivity contribution >= 4 is 23.2 Å². The third kappa shape index (κ3) is 2.32. The normalized spacial score (nSPS) is 10.1. The molecule has 5 heteroatoms. The first-order valence-electron chi connectivity index (χ1n) is 3.58. The average Bonchev–Trinajstić information content (AvgIpc) is 2.06. The Morgan fingerprint density at radius 1 is 1.69 bits per heavy atom. The van der Waals surface area contributed by atoms with E-state index in [1.807, 2.05) is 0 Å². The molecule has 0 amide bonds. The lowest BCUT2D eigenvalue weighted by molar-refractivity contribution is 0.632. The molecule has 3 nitrogen and oxygen atoms in total. The number of aromatic nitrogens is 2. The molecule has 0 radical (unpaired) electrons. The maximum atomic E-state index is 11.4. The minimum Gasteiger partial charge on any atom is -0.266 e. The van der Waals surface area contributed by atoms with Crippen LogP contribution in [0, 0.1) is 0 Å². The van der Waals surface area contributed by atoms with Crippen LogP contribution >= 0.6 is 23.2 Å². The predicted octanol–water partition coefficient (Wildman–Crippen LogP) is 2.13. The molecule has 1 aromatic rings. The summed E-state index contributed by atoms with van der Waals surface area (Å²) in [6.45, 7) is 5.83. The predicted molar refractivity (Wildman–Crippen MR) is 53.3 cm³/mol. The Hall–Kier alpha value is -0.800. The van der Waals surface area contributed by atoms with Crippen molar-refractivity contribution in [1.29, 1.82) is 0 Å². The van der Waals surface area contributed by atoms with Gasteiger partial charge in [-0.3, -0.25) is 4.79 Å². The van der Waals surface area contributed by atoms with Gasteiger partial charge < -0.3 is 0 Å². The molecule has 0 spiro atoms. The highest BCUT2D eigenvalue weighted by molar-refractivity contribution is 6.41. The maximum Gasteiger partial charge on any atom is 0.287 e. The van der Waals surface area contributed by atoms with E-state index in [1.165, 1.54) is 10.9 Å². The molecular formula is C8H8Cl2N2O. The van der Waals surface area contributed by atoms with E-state index in [4.69, 9.17) is 23.2 Å². The Balaban J connectivity index is 3.19. The molecule has 0 aliphatic rings. The van der Waals surface area contributed by atoms with Crippen LogP contribution in [0.4, 0.5) is 0 Å². The third-order valence-electron chi connectivity index (χ3n) is 1.36. The van der Waals surface area contributed by atoms with Gasteiger partial charge in [0.15, 0.2) is 0 Å². The number of nitrogens with zero attached hydrogens (tertiary/aromatic N) is 2. The van der Waals surface area contributed by atoms with Crippen LogP contribution in [0.2, 0.25) is 10.0 Å². The fourth-order valence-corrected chi connectivity index (χ4v) is 1.08. The van der Waals surface area contributed by atoms with Gasteiger partial charge in [0.1, 0.15) is 5.02 Å².